The zero-order chi connectivity index (χ0) is 18.3. The Labute approximate surface area is 147 Å². The van der Waals surface area contributed by atoms with Crippen LogP contribution in [0.1, 0.15) is 24.8 Å². The Morgan fingerprint density at radius 2 is 1.64 bits per heavy atom. The maximum Gasteiger partial charge on any atom is 0.243 e. The second-order valence-corrected chi connectivity index (χ2v) is 7.80. The molecular weight excluding hydrogens is 344 g/mol. The molecule has 9 heteroatoms. The molecule has 0 unspecified atom stereocenters. The van der Waals surface area contributed by atoms with Crippen LogP contribution in [0.15, 0.2) is 29.2 Å². The van der Waals surface area contributed by atoms with E-state index in [4.69, 9.17) is 5.73 Å². The third kappa shape index (κ3) is 5.52. The van der Waals surface area contributed by atoms with E-state index in [-0.39, 0.29) is 30.4 Å². The van der Waals surface area contributed by atoms with E-state index in [1.54, 1.807) is 24.3 Å². The number of carbonyl (C=O) groups excluding carboxylic acids is 2. The lowest BCUT2D eigenvalue weighted by molar-refractivity contribution is -0.125. The fourth-order valence-corrected chi connectivity index (χ4v) is 4.06. The number of piperidine rings is 1. The molecular formula is C16H24N4O4S. The summed E-state index contributed by atoms with van der Waals surface area (Å²) in [5.41, 5.74) is 5.90. The largest absolute Gasteiger partial charge is 0.350 e. The van der Waals surface area contributed by atoms with Gasteiger partial charge in [0.25, 0.3) is 0 Å². The summed E-state index contributed by atoms with van der Waals surface area (Å²) in [6.07, 6.45) is 2.85. The van der Waals surface area contributed by atoms with Gasteiger partial charge >= 0.3 is 0 Å². The SMILES string of the molecule is NCC(=O)NCC(=O)NCc1ccc(S(=O)(=O)N2CCCCC2)cc1. The molecule has 8 nitrogen and oxygen atoms in total. The fraction of sp³-hybridized carbons (Fsp3) is 0.500. The van der Waals surface area contributed by atoms with Crippen molar-refractivity contribution in [2.75, 3.05) is 26.2 Å². The maximum absolute atomic E-state index is 12.5. The van der Waals surface area contributed by atoms with Crippen molar-refractivity contribution in [3.8, 4) is 0 Å². The zero-order valence-electron chi connectivity index (χ0n) is 14.0. The van der Waals surface area contributed by atoms with Gasteiger partial charge in [-0.2, -0.15) is 4.31 Å². The van der Waals surface area contributed by atoms with Crippen LogP contribution in [0.2, 0.25) is 0 Å². The van der Waals surface area contributed by atoms with Crippen molar-refractivity contribution >= 4 is 21.8 Å². The van der Waals surface area contributed by atoms with Gasteiger partial charge in [-0.3, -0.25) is 9.59 Å². The lowest BCUT2D eigenvalue weighted by Gasteiger charge is -2.25. The monoisotopic (exact) mass is 368 g/mol. The minimum atomic E-state index is -3.44. The molecule has 0 atom stereocenters. The molecule has 1 aliphatic heterocycles. The molecule has 25 heavy (non-hydrogen) atoms. The summed E-state index contributed by atoms with van der Waals surface area (Å²) in [5, 5.41) is 5.02. The Hall–Kier alpha value is -1.97. The third-order valence-electron chi connectivity index (χ3n) is 4.00. The van der Waals surface area contributed by atoms with Crippen molar-refractivity contribution in [3.63, 3.8) is 0 Å². The smallest absolute Gasteiger partial charge is 0.243 e. The molecule has 4 N–H and O–H groups in total. The first-order valence-electron chi connectivity index (χ1n) is 8.26. The minimum absolute atomic E-state index is 0.141. The summed E-state index contributed by atoms with van der Waals surface area (Å²) in [6.45, 7) is 1.07. The molecule has 0 radical (unpaired) electrons. The summed E-state index contributed by atoms with van der Waals surface area (Å²) < 4.78 is 26.6. The summed E-state index contributed by atoms with van der Waals surface area (Å²) in [6, 6.07) is 6.47. The van der Waals surface area contributed by atoms with Crippen molar-refractivity contribution in [1.29, 1.82) is 0 Å². The predicted octanol–water partition coefficient (Wildman–Crippen LogP) is -0.448. The Kier molecular flexibility index (Phi) is 6.91. The molecule has 0 aromatic heterocycles. The summed E-state index contributed by atoms with van der Waals surface area (Å²) in [5.74, 6) is -0.741. The van der Waals surface area contributed by atoms with Crippen molar-refractivity contribution < 1.29 is 18.0 Å². The van der Waals surface area contributed by atoms with Crippen LogP contribution in [0.4, 0.5) is 0 Å². The molecule has 1 aliphatic rings. The van der Waals surface area contributed by atoms with Crippen molar-refractivity contribution in [2.24, 2.45) is 5.73 Å². The number of amides is 2. The van der Waals surface area contributed by atoms with E-state index in [0.29, 0.717) is 13.1 Å². The van der Waals surface area contributed by atoms with E-state index < -0.39 is 15.9 Å². The van der Waals surface area contributed by atoms with Crippen molar-refractivity contribution in [2.45, 2.75) is 30.7 Å². The van der Waals surface area contributed by atoms with E-state index >= 15 is 0 Å². The van der Waals surface area contributed by atoms with Gasteiger partial charge in [-0.15, -0.1) is 0 Å². The molecule has 1 fully saturated rings. The molecule has 0 bridgehead atoms. The van der Waals surface area contributed by atoms with Gasteiger partial charge in [-0.25, -0.2) is 8.42 Å². The van der Waals surface area contributed by atoms with Gasteiger partial charge in [-0.1, -0.05) is 18.6 Å². The molecule has 1 heterocycles. The molecule has 1 aromatic carbocycles. The first-order chi connectivity index (χ1) is 11.9. The van der Waals surface area contributed by atoms with Gasteiger partial charge in [0.15, 0.2) is 0 Å². The van der Waals surface area contributed by atoms with Gasteiger partial charge in [0.1, 0.15) is 0 Å². The first kappa shape index (κ1) is 19.4. The zero-order valence-corrected chi connectivity index (χ0v) is 14.8. The summed E-state index contributed by atoms with van der Waals surface area (Å²) in [4.78, 5) is 22.8. The normalized spacial score (nSPS) is 15.6. The molecule has 1 aromatic rings. The van der Waals surface area contributed by atoms with Crippen LogP contribution in [0.25, 0.3) is 0 Å². The Morgan fingerprint density at radius 1 is 1.00 bits per heavy atom. The molecule has 138 valence electrons. The van der Waals surface area contributed by atoms with Gasteiger partial charge in [0.2, 0.25) is 21.8 Å². The average molecular weight is 368 g/mol. The number of carbonyl (C=O) groups is 2. The lowest BCUT2D eigenvalue weighted by Crippen LogP contribution is -2.39. The second-order valence-electron chi connectivity index (χ2n) is 5.87. The molecule has 0 spiro atoms. The number of sulfonamides is 1. The van der Waals surface area contributed by atoms with E-state index in [1.165, 1.54) is 4.31 Å². The quantitative estimate of drug-likeness (QED) is 0.602. The standard InChI is InChI=1S/C16H24N4O4S/c17-10-15(21)19-12-16(22)18-11-13-4-6-14(7-5-13)25(23,24)20-8-2-1-3-9-20/h4-7H,1-3,8-12,17H2,(H,18,22)(H,19,21). The van der Waals surface area contributed by atoms with Gasteiger partial charge < -0.3 is 16.4 Å². The van der Waals surface area contributed by atoms with Crippen LogP contribution in [0.5, 0.6) is 0 Å². The van der Waals surface area contributed by atoms with Crippen LogP contribution < -0.4 is 16.4 Å². The van der Waals surface area contributed by atoms with Crippen LogP contribution in [0.3, 0.4) is 0 Å². The van der Waals surface area contributed by atoms with Gasteiger partial charge in [0, 0.05) is 19.6 Å². The molecule has 1 saturated heterocycles. The maximum atomic E-state index is 12.5. The molecule has 2 rings (SSSR count). The predicted molar refractivity (Wildman–Crippen MR) is 93.0 cm³/mol. The molecule has 2 amide bonds. The summed E-state index contributed by atoms with van der Waals surface area (Å²) in [7, 11) is -3.44. The first-order valence-corrected chi connectivity index (χ1v) is 9.70. The van der Waals surface area contributed by atoms with Crippen molar-refractivity contribution in [1.82, 2.24) is 14.9 Å². The van der Waals surface area contributed by atoms with E-state index in [1.807, 2.05) is 0 Å². The van der Waals surface area contributed by atoms with Crippen LogP contribution in [0, 0.1) is 0 Å². The fourth-order valence-electron chi connectivity index (χ4n) is 2.55. The van der Waals surface area contributed by atoms with Crippen LogP contribution in [-0.2, 0) is 26.2 Å². The minimum Gasteiger partial charge on any atom is -0.350 e. The van der Waals surface area contributed by atoms with Gasteiger partial charge in [-0.05, 0) is 30.5 Å². The van der Waals surface area contributed by atoms with Crippen molar-refractivity contribution in [3.05, 3.63) is 29.8 Å². The number of rotatable bonds is 7. The third-order valence-corrected chi connectivity index (χ3v) is 5.91. The van der Waals surface area contributed by atoms with Crippen LogP contribution >= 0.6 is 0 Å². The number of nitrogens with zero attached hydrogens (tertiary/aromatic N) is 1. The highest BCUT2D eigenvalue weighted by atomic mass is 32.2. The molecule has 0 aliphatic carbocycles. The van der Waals surface area contributed by atoms with Crippen LogP contribution in [-0.4, -0.2) is 50.7 Å². The Morgan fingerprint density at radius 3 is 2.24 bits per heavy atom. The number of nitrogens with one attached hydrogen (secondary N) is 2. The second kappa shape index (κ2) is 8.93. The highest BCUT2D eigenvalue weighted by Crippen LogP contribution is 2.20. The van der Waals surface area contributed by atoms with E-state index in [9.17, 15) is 18.0 Å². The highest BCUT2D eigenvalue weighted by molar-refractivity contribution is 7.89. The number of nitrogens with two attached hydrogens (primary N) is 1. The van der Waals surface area contributed by atoms with E-state index in [2.05, 4.69) is 10.6 Å². The number of hydrogen-bond acceptors (Lipinski definition) is 5. The summed E-state index contributed by atoms with van der Waals surface area (Å²) >= 11 is 0. The Balaban J connectivity index is 1.89. The lowest BCUT2D eigenvalue weighted by atomic mass is 10.2. The van der Waals surface area contributed by atoms with Gasteiger partial charge in [0.05, 0.1) is 18.0 Å². The average Bonchev–Trinajstić information content (AvgIpc) is 2.65. The number of benzene rings is 1. The van der Waals surface area contributed by atoms with E-state index in [0.717, 1.165) is 24.8 Å². The number of hydrogen-bond donors (Lipinski definition) is 3. The topological polar surface area (TPSA) is 122 Å². The Bertz CT molecular complexity index is 697. The highest BCUT2D eigenvalue weighted by Gasteiger charge is 2.25. The molecule has 0 saturated carbocycles.